The first kappa shape index (κ1) is 13.4. The van der Waals surface area contributed by atoms with Crippen molar-refractivity contribution in [3.8, 4) is 0 Å². The number of carboxylic acids is 1. The lowest BCUT2D eigenvalue weighted by Gasteiger charge is -2.37. The summed E-state index contributed by atoms with van der Waals surface area (Å²) in [5, 5.41) is 9.57. The monoisotopic (exact) mass is 265 g/mol. The Labute approximate surface area is 116 Å². The molecule has 0 bridgehead atoms. The second-order valence-electron chi connectivity index (χ2n) is 6.89. The first-order chi connectivity index (χ1) is 9.20. The highest BCUT2D eigenvalue weighted by Gasteiger charge is 2.48. The number of carbonyl (C=O) groups is 1. The third-order valence-corrected chi connectivity index (χ3v) is 5.94. The SMILES string of the molecule is CCC1CCC(N2C(C(=O)O)CC3CCCCC32)C1. The third-order valence-electron chi connectivity index (χ3n) is 5.94. The number of nitrogens with zero attached hydrogens (tertiary/aromatic N) is 1. The second kappa shape index (κ2) is 5.43. The van der Waals surface area contributed by atoms with Crippen molar-refractivity contribution < 1.29 is 9.90 Å². The summed E-state index contributed by atoms with van der Waals surface area (Å²) in [5.74, 6) is 0.923. The van der Waals surface area contributed by atoms with Gasteiger partial charge in [0.2, 0.25) is 0 Å². The molecule has 0 amide bonds. The summed E-state index contributed by atoms with van der Waals surface area (Å²) < 4.78 is 0. The molecule has 2 aliphatic carbocycles. The van der Waals surface area contributed by atoms with Gasteiger partial charge in [-0.25, -0.2) is 0 Å². The van der Waals surface area contributed by atoms with E-state index in [9.17, 15) is 9.90 Å². The molecule has 1 aliphatic heterocycles. The zero-order valence-electron chi connectivity index (χ0n) is 12.1. The van der Waals surface area contributed by atoms with E-state index in [1.807, 2.05) is 0 Å². The highest BCUT2D eigenvalue weighted by Crippen LogP contribution is 2.44. The summed E-state index contributed by atoms with van der Waals surface area (Å²) in [7, 11) is 0. The van der Waals surface area contributed by atoms with Crippen LogP contribution in [0.15, 0.2) is 0 Å². The predicted molar refractivity (Wildman–Crippen MR) is 75.0 cm³/mol. The molecule has 0 aromatic carbocycles. The maximum atomic E-state index is 11.6. The molecule has 108 valence electrons. The Morgan fingerprint density at radius 3 is 2.63 bits per heavy atom. The van der Waals surface area contributed by atoms with E-state index in [2.05, 4.69) is 11.8 Å². The molecule has 1 heterocycles. The Morgan fingerprint density at radius 1 is 1.16 bits per heavy atom. The fraction of sp³-hybridized carbons (Fsp3) is 0.938. The maximum Gasteiger partial charge on any atom is 0.320 e. The van der Waals surface area contributed by atoms with Gasteiger partial charge in [-0.05, 0) is 50.4 Å². The van der Waals surface area contributed by atoms with Crippen molar-refractivity contribution in [3.63, 3.8) is 0 Å². The van der Waals surface area contributed by atoms with E-state index in [0.29, 0.717) is 18.0 Å². The van der Waals surface area contributed by atoms with Crippen LogP contribution in [0.3, 0.4) is 0 Å². The molecule has 0 spiro atoms. The van der Waals surface area contributed by atoms with E-state index in [1.54, 1.807) is 0 Å². The number of aliphatic carboxylic acids is 1. The van der Waals surface area contributed by atoms with Gasteiger partial charge < -0.3 is 5.11 Å². The quantitative estimate of drug-likeness (QED) is 0.851. The average Bonchev–Trinajstić information content (AvgIpc) is 3.02. The van der Waals surface area contributed by atoms with E-state index in [4.69, 9.17) is 0 Å². The highest BCUT2D eigenvalue weighted by atomic mass is 16.4. The van der Waals surface area contributed by atoms with E-state index in [1.165, 1.54) is 51.4 Å². The van der Waals surface area contributed by atoms with Crippen LogP contribution < -0.4 is 0 Å². The number of rotatable bonds is 3. The van der Waals surface area contributed by atoms with Crippen molar-refractivity contribution in [1.29, 1.82) is 0 Å². The second-order valence-corrected chi connectivity index (χ2v) is 6.89. The zero-order chi connectivity index (χ0) is 13.4. The van der Waals surface area contributed by atoms with Crippen LogP contribution in [0.2, 0.25) is 0 Å². The average molecular weight is 265 g/mol. The molecular weight excluding hydrogens is 238 g/mol. The summed E-state index contributed by atoms with van der Waals surface area (Å²) in [6, 6.07) is 0.948. The fourth-order valence-electron chi connectivity index (χ4n) is 4.94. The third kappa shape index (κ3) is 2.42. The molecule has 3 rings (SSSR count). The number of likely N-dealkylation sites (tertiary alicyclic amines) is 1. The van der Waals surface area contributed by atoms with Crippen LogP contribution in [-0.4, -0.2) is 34.1 Å². The molecule has 3 fully saturated rings. The number of hydrogen-bond donors (Lipinski definition) is 1. The van der Waals surface area contributed by atoms with Crippen molar-refractivity contribution in [2.45, 2.75) is 82.8 Å². The van der Waals surface area contributed by atoms with Gasteiger partial charge in [-0.3, -0.25) is 9.69 Å². The Kier molecular flexibility index (Phi) is 3.84. The zero-order valence-corrected chi connectivity index (χ0v) is 12.1. The molecule has 0 aromatic rings. The van der Waals surface area contributed by atoms with Crippen molar-refractivity contribution >= 4 is 5.97 Å². The van der Waals surface area contributed by atoms with Gasteiger partial charge in [-0.1, -0.05) is 26.2 Å². The first-order valence-corrected chi connectivity index (χ1v) is 8.21. The van der Waals surface area contributed by atoms with Gasteiger partial charge in [0.25, 0.3) is 0 Å². The van der Waals surface area contributed by atoms with Crippen molar-refractivity contribution in [2.24, 2.45) is 11.8 Å². The lowest BCUT2D eigenvalue weighted by Crippen LogP contribution is -2.47. The van der Waals surface area contributed by atoms with Crippen LogP contribution >= 0.6 is 0 Å². The minimum atomic E-state index is -0.575. The molecule has 3 aliphatic rings. The van der Waals surface area contributed by atoms with Crippen LogP contribution in [0.4, 0.5) is 0 Å². The van der Waals surface area contributed by atoms with Crippen molar-refractivity contribution in [3.05, 3.63) is 0 Å². The minimum absolute atomic E-state index is 0.186. The van der Waals surface area contributed by atoms with Gasteiger partial charge in [0.15, 0.2) is 0 Å². The van der Waals surface area contributed by atoms with Gasteiger partial charge in [0.05, 0.1) is 0 Å². The van der Waals surface area contributed by atoms with Crippen molar-refractivity contribution in [2.75, 3.05) is 0 Å². The lowest BCUT2D eigenvalue weighted by molar-refractivity contribution is -0.143. The summed E-state index contributed by atoms with van der Waals surface area (Å²) in [6.45, 7) is 2.27. The summed E-state index contributed by atoms with van der Waals surface area (Å²) in [6.07, 6.45) is 11.0. The molecule has 19 heavy (non-hydrogen) atoms. The first-order valence-electron chi connectivity index (χ1n) is 8.21. The molecule has 3 nitrogen and oxygen atoms in total. The fourth-order valence-corrected chi connectivity index (χ4v) is 4.94. The molecule has 1 N–H and O–H groups in total. The minimum Gasteiger partial charge on any atom is -0.480 e. The van der Waals surface area contributed by atoms with Crippen molar-refractivity contribution in [1.82, 2.24) is 4.90 Å². The molecule has 2 saturated carbocycles. The van der Waals surface area contributed by atoms with E-state index in [-0.39, 0.29) is 6.04 Å². The van der Waals surface area contributed by atoms with Gasteiger partial charge in [0.1, 0.15) is 6.04 Å². The summed E-state index contributed by atoms with van der Waals surface area (Å²) >= 11 is 0. The lowest BCUT2D eigenvalue weighted by atomic mass is 9.84. The van der Waals surface area contributed by atoms with Crippen LogP contribution in [-0.2, 0) is 4.79 Å². The Morgan fingerprint density at radius 2 is 1.95 bits per heavy atom. The number of fused-ring (bicyclic) bond motifs is 1. The number of carboxylic acid groups (broad SMARTS) is 1. The summed E-state index contributed by atoms with van der Waals surface area (Å²) in [4.78, 5) is 14.1. The van der Waals surface area contributed by atoms with Crippen LogP contribution in [0.5, 0.6) is 0 Å². The molecule has 0 radical (unpaired) electrons. The van der Waals surface area contributed by atoms with Crippen LogP contribution in [0.1, 0.15) is 64.7 Å². The van der Waals surface area contributed by atoms with Gasteiger partial charge in [0, 0.05) is 12.1 Å². The van der Waals surface area contributed by atoms with Crippen LogP contribution in [0, 0.1) is 11.8 Å². The van der Waals surface area contributed by atoms with Gasteiger partial charge >= 0.3 is 5.97 Å². The smallest absolute Gasteiger partial charge is 0.320 e. The predicted octanol–water partition coefficient (Wildman–Crippen LogP) is 3.28. The topological polar surface area (TPSA) is 40.5 Å². The Bertz CT molecular complexity index is 344. The molecule has 5 atom stereocenters. The molecule has 3 heteroatoms. The van der Waals surface area contributed by atoms with E-state index >= 15 is 0 Å². The highest BCUT2D eigenvalue weighted by molar-refractivity contribution is 5.74. The maximum absolute atomic E-state index is 11.6. The largest absolute Gasteiger partial charge is 0.480 e. The van der Waals surface area contributed by atoms with E-state index < -0.39 is 5.97 Å². The molecule has 1 saturated heterocycles. The Hall–Kier alpha value is -0.570. The molecule has 0 aromatic heterocycles. The van der Waals surface area contributed by atoms with E-state index in [0.717, 1.165) is 12.3 Å². The van der Waals surface area contributed by atoms with Gasteiger partial charge in [-0.15, -0.1) is 0 Å². The van der Waals surface area contributed by atoms with Gasteiger partial charge in [-0.2, -0.15) is 0 Å². The van der Waals surface area contributed by atoms with Crippen LogP contribution in [0.25, 0.3) is 0 Å². The molecule has 5 unspecified atom stereocenters. The normalized spacial score (nSPS) is 43.3. The standard InChI is InChI=1S/C16H27NO2/c1-2-11-7-8-13(9-11)17-14-6-4-3-5-12(14)10-15(17)16(18)19/h11-15H,2-10H2,1H3,(H,18,19). The molecular formula is C16H27NO2. The summed E-state index contributed by atoms with van der Waals surface area (Å²) in [5.41, 5.74) is 0. The Balaban J connectivity index is 1.77. The number of hydrogen-bond acceptors (Lipinski definition) is 2.